The van der Waals surface area contributed by atoms with E-state index in [1.165, 1.54) is 37.8 Å². The van der Waals surface area contributed by atoms with Crippen LogP contribution < -0.4 is 5.32 Å². The highest BCUT2D eigenvalue weighted by atomic mass is 32.1. The second-order valence-electron chi connectivity index (χ2n) is 5.45. The van der Waals surface area contributed by atoms with E-state index < -0.39 is 0 Å². The molecule has 1 aromatic heterocycles. The summed E-state index contributed by atoms with van der Waals surface area (Å²) in [7, 11) is 0. The molecule has 1 saturated heterocycles. The molecule has 0 bridgehead atoms. The van der Waals surface area contributed by atoms with E-state index in [1.807, 2.05) is 0 Å². The monoisotopic (exact) mass is 282 g/mol. The highest BCUT2D eigenvalue weighted by Gasteiger charge is 2.22. The molecule has 2 rings (SSSR count). The van der Waals surface area contributed by atoms with Crippen LogP contribution in [0.3, 0.4) is 0 Å². The first kappa shape index (κ1) is 15.0. The summed E-state index contributed by atoms with van der Waals surface area (Å²) in [4.78, 5) is 2.45. The van der Waals surface area contributed by atoms with Gasteiger partial charge in [-0.15, -0.1) is 0 Å². The average Bonchev–Trinajstić information content (AvgIpc) is 3.09. The molecule has 0 saturated carbocycles. The summed E-state index contributed by atoms with van der Waals surface area (Å²) in [6.07, 6.45) is 4.85. The lowest BCUT2D eigenvalue weighted by Crippen LogP contribution is -2.33. The van der Waals surface area contributed by atoms with E-state index in [0.717, 1.165) is 13.1 Å². The molecule has 1 aliphatic rings. The number of nitrogens with one attached hydrogen (secondary N) is 1. The van der Waals surface area contributed by atoms with Crippen molar-refractivity contribution in [2.75, 3.05) is 26.2 Å². The topological polar surface area (TPSA) is 35.5 Å². The predicted octanol–water partition coefficient (Wildman–Crippen LogP) is 2.64. The molecule has 2 heterocycles. The van der Waals surface area contributed by atoms with Crippen LogP contribution in [0.15, 0.2) is 16.8 Å². The molecule has 2 atom stereocenters. The zero-order chi connectivity index (χ0) is 13.5. The Balaban J connectivity index is 1.55. The van der Waals surface area contributed by atoms with Gasteiger partial charge in [0.15, 0.2) is 0 Å². The first-order chi connectivity index (χ1) is 9.31. The zero-order valence-electron chi connectivity index (χ0n) is 11.8. The van der Waals surface area contributed by atoms with Crippen LogP contribution in [0, 0.1) is 0 Å². The summed E-state index contributed by atoms with van der Waals surface area (Å²) in [5, 5.41) is 17.2. The fourth-order valence-electron chi connectivity index (χ4n) is 2.79. The molecule has 0 spiro atoms. The number of unbranched alkanes of at least 4 members (excludes halogenated alkanes) is 1. The minimum Gasteiger partial charge on any atom is -0.395 e. The van der Waals surface area contributed by atoms with Crippen molar-refractivity contribution in [2.24, 2.45) is 0 Å². The number of nitrogens with zero attached hydrogens (tertiary/aromatic N) is 1. The van der Waals surface area contributed by atoms with Crippen molar-refractivity contribution in [1.82, 2.24) is 10.2 Å². The third kappa shape index (κ3) is 4.56. The second-order valence-corrected chi connectivity index (χ2v) is 6.23. The van der Waals surface area contributed by atoms with Gasteiger partial charge in [0.1, 0.15) is 0 Å². The van der Waals surface area contributed by atoms with Gasteiger partial charge >= 0.3 is 0 Å². The first-order valence-electron chi connectivity index (χ1n) is 7.41. The van der Waals surface area contributed by atoms with E-state index >= 15 is 0 Å². The minimum atomic E-state index is 0.327. The van der Waals surface area contributed by atoms with Crippen LogP contribution in [0.2, 0.25) is 0 Å². The van der Waals surface area contributed by atoms with E-state index in [0.29, 0.717) is 18.7 Å². The number of likely N-dealkylation sites (tertiary alicyclic amines) is 1. The Morgan fingerprint density at radius 3 is 3.16 bits per heavy atom. The highest BCUT2D eigenvalue weighted by molar-refractivity contribution is 7.07. The Kier molecular flexibility index (Phi) is 6.31. The molecule has 0 aliphatic carbocycles. The van der Waals surface area contributed by atoms with Gasteiger partial charge in [0.25, 0.3) is 0 Å². The van der Waals surface area contributed by atoms with Crippen molar-refractivity contribution in [3.63, 3.8) is 0 Å². The van der Waals surface area contributed by atoms with Crippen LogP contribution in [-0.4, -0.2) is 42.3 Å². The van der Waals surface area contributed by atoms with Gasteiger partial charge in [-0.1, -0.05) is 0 Å². The van der Waals surface area contributed by atoms with Crippen LogP contribution in [0.25, 0.3) is 0 Å². The van der Waals surface area contributed by atoms with Crippen molar-refractivity contribution in [3.8, 4) is 0 Å². The average molecular weight is 282 g/mol. The maximum Gasteiger partial charge on any atom is 0.0586 e. The molecule has 0 radical (unpaired) electrons. The molecule has 4 heteroatoms. The lowest BCUT2D eigenvalue weighted by molar-refractivity contribution is 0.157. The number of hydrogen-bond donors (Lipinski definition) is 2. The summed E-state index contributed by atoms with van der Waals surface area (Å²) in [5.41, 5.74) is 1.39. The maximum atomic E-state index is 9.26. The molecule has 2 unspecified atom stereocenters. The van der Waals surface area contributed by atoms with Gasteiger partial charge in [0.2, 0.25) is 0 Å². The number of aliphatic hydroxyl groups is 1. The van der Waals surface area contributed by atoms with Gasteiger partial charge in [0.05, 0.1) is 6.61 Å². The van der Waals surface area contributed by atoms with Gasteiger partial charge in [-0.3, -0.25) is 4.90 Å². The molecule has 0 aromatic carbocycles. The van der Waals surface area contributed by atoms with Gasteiger partial charge in [0, 0.05) is 12.1 Å². The fraction of sp³-hybridized carbons (Fsp3) is 0.733. The van der Waals surface area contributed by atoms with E-state index in [2.05, 4.69) is 34.0 Å². The highest BCUT2D eigenvalue weighted by Crippen LogP contribution is 2.17. The van der Waals surface area contributed by atoms with E-state index in [1.54, 1.807) is 11.3 Å². The Morgan fingerprint density at radius 2 is 2.42 bits per heavy atom. The zero-order valence-corrected chi connectivity index (χ0v) is 12.7. The number of rotatable bonds is 8. The predicted molar refractivity (Wildman–Crippen MR) is 81.7 cm³/mol. The quantitative estimate of drug-likeness (QED) is 0.720. The van der Waals surface area contributed by atoms with E-state index in [-0.39, 0.29) is 0 Å². The SMILES string of the molecule is CC(NCCCCN1CCCC1CO)c1ccsc1. The summed E-state index contributed by atoms with van der Waals surface area (Å²) in [6.45, 7) is 5.94. The molecular formula is C15H26N2OS. The van der Waals surface area contributed by atoms with Crippen molar-refractivity contribution in [3.05, 3.63) is 22.4 Å². The largest absolute Gasteiger partial charge is 0.395 e. The lowest BCUT2D eigenvalue weighted by atomic mass is 10.2. The molecule has 108 valence electrons. The van der Waals surface area contributed by atoms with Gasteiger partial charge < -0.3 is 10.4 Å². The maximum absolute atomic E-state index is 9.26. The standard InChI is InChI=1S/C15H26N2OS/c1-13(14-6-10-19-12-14)16-7-2-3-8-17-9-4-5-15(17)11-18/h6,10,12-13,15-16,18H,2-5,7-9,11H2,1H3. The van der Waals surface area contributed by atoms with Gasteiger partial charge in [-0.05, 0) is 74.6 Å². The van der Waals surface area contributed by atoms with E-state index in [9.17, 15) is 5.11 Å². The van der Waals surface area contributed by atoms with Gasteiger partial charge in [-0.2, -0.15) is 11.3 Å². The van der Waals surface area contributed by atoms with Crippen molar-refractivity contribution in [2.45, 2.75) is 44.7 Å². The smallest absolute Gasteiger partial charge is 0.0586 e. The van der Waals surface area contributed by atoms with Crippen LogP contribution >= 0.6 is 11.3 Å². The van der Waals surface area contributed by atoms with Crippen LogP contribution in [-0.2, 0) is 0 Å². The first-order valence-corrected chi connectivity index (χ1v) is 8.36. The van der Waals surface area contributed by atoms with Crippen LogP contribution in [0.5, 0.6) is 0 Å². The number of thiophene rings is 1. The fourth-order valence-corrected chi connectivity index (χ4v) is 3.55. The molecule has 2 N–H and O–H groups in total. The molecule has 1 fully saturated rings. The van der Waals surface area contributed by atoms with Gasteiger partial charge in [-0.25, -0.2) is 0 Å². The molecule has 1 aliphatic heterocycles. The third-order valence-corrected chi connectivity index (χ3v) is 4.78. The van der Waals surface area contributed by atoms with Crippen molar-refractivity contribution in [1.29, 1.82) is 0 Å². The summed E-state index contributed by atoms with van der Waals surface area (Å²) in [5.74, 6) is 0. The number of hydrogen-bond acceptors (Lipinski definition) is 4. The third-order valence-electron chi connectivity index (χ3n) is 4.08. The summed E-state index contributed by atoms with van der Waals surface area (Å²) < 4.78 is 0. The normalized spacial score (nSPS) is 21.9. The van der Waals surface area contributed by atoms with Crippen molar-refractivity contribution < 1.29 is 5.11 Å². The van der Waals surface area contributed by atoms with E-state index in [4.69, 9.17) is 0 Å². The minimum absolute atomic E-state index is 0.327. The summed E-state index contributed by atoms with van der Waals surface area (Å²) >= 11 is 1.76. The molecule has 1 aromatic rings. The summed E-state index contributed by atoms with van der Waals surface area (Å²) in [6, 6.07) is 3.08. The molecular weight excluding hydrogens is 256 g/mol. The lowest BCUT2D eigenvalue weighted by Gasteiger charge is -2.22. The second kappa shape index (κ2) is 8.00. The Hall–Kier alpha value is -0.420. The molecule has 0 amide bonds. The Labute approximate surface area is 120 Å². The number of aliphatic hydroxyl groups excluding tert-OH is 1. The molecule has 3 nitrogen and oxygen atoms in total. The Morgan fingerprint density at radius 1 is 1.53 bits per heavy atom. The molecule has 19 heavy (non-hydrogen) atoms. The Bertz CT molecular complexity index is 342. The van der Waals surface area contributed by atoms with Crippen LogP contribution in [0.4, 0.5) is 0 Å². The van der Waals surface area contributed by atoms with Crippen LogP contribution in [0.1, 0.15) is 44.2 Å². The van der Waals surface area contributed by atoms with Crippen molar-refractivity contribution >= 4 is 11.3 Å².